The molecular weight excluding hydrogens is 237 g/mol. The van der Waals surface area contributed by atoms with Gasteiger partial charge in [0.1, 0.15) is 17.5 Å². The SMILES string of the molecule is O=c1c(C(F)(F)F)cccn1Cc1ccon1. The predicted molar refractivity (Wildman–Crippen MR) is 51.3 cm³/mol. The van der Waals surface area contributed by atoms with Gasteiger partial charge in [-0.15, -0.1) is 0 Å². The minimum atomic E-state index is -4.65. The normalized spacial score (nSPS) is 11.7. The average Bonchev–Trinajstić information content (AvgIpc) is 2.72. The van der Waals surface area contributed by atoms with E-state index in [2.05, 4.69) is 9.68 Å². The lowest BCUT2D eigenvalue weighted by atomic mass is 10.2. The van der Waals surface area contributed by atoms with Crippen molar-refractivity contribution in [3.05, 3.63) is 52.3 Å². The molecule has 2 rings (SSSR count). The third-order valence-electron chi connectivity index (χ3n) is 2.15. The highest BCUT2D eigenvalue weighted by atomic mass is 19.4. The second-order valence-electron chi connectivity index (χ2n) is 3.34. The van der Waals surface area contributed by atoms with Crippen LogP contribution < -0.4 is 5.56 Å². The van der Waals surface area contributed by atoms with Crippen molar-refractivity contribution < 1.29 is 17.7 Å². The lowest BCUT2D eigenvalue weighted by Gasteiger charge is -2.08. The minimum Gasteiger partial charge on any atom is -0.364 e. The Morgan fingerprint density at radius 1 is 1.35 bits per heavy atom. The molecule has 0 bridgehead atoms. The molecule has 17 heavy (non-hydrogen) atoms. The third kappa shape index (κ3) is 2.38. The van der Waals surface area contributed by atoms with Crippen LogP contribution in [0.25, 0.3) is 0 Å². The Morgan fingerprint density at radius 2 is 2.12 bits per heavy atom. The Balaban J connectivity index is 2.40. The molecule has 0 unspecified atom stereocenters. The summed E-state index contributed by atoms with van der Waals surface area (Å²) in [6, 6.07) is 3.40. The van der Waals surface area contributed by atoms with E-state index in [-0.39, 0.29) is 6.54 Å². The van der Waals surface area contributed by atoms with Crippen molar-refractivity contribution in [1.82, 2.24) is 9.72 Å². The zero-order valence-corrected chi connectivity index (χ0v) is 8.44. The van der Waals surface area contributed by atoms with E-state index >= 15 is 0 Å². The summed E-state index contributed by atoms with van der Waals surface area (Å²) in [7, 11) is 0. The molecule has 7 heteroatoms. The van der Waals surface area contributed by atoms with E-state index < -0.39 is 17.3 Å². The fourth-order valence-corrected chi connectivity index (χ4v) is 1.37. The van der Waals surface area contributed by atoms with Gasteiger partial charge in [0.15, 0.2) is 0 Å². The Kier molecular flexibility index (Phi) is 2.74. The van der Waals surface area contributed by atoms with Crippen molar-refractivity contribution in [1.29, 1.82) is 0 Å². The highest BCUT2D eigenvalue weighted by Crippen LogP contribution is 2.25. The van der Waals surface area contributed by atoms with E-state index in [1.807, 2.05) is 0 Å². The quantitative estimate of drug-likeness (QED) is 0.810. The molecule has 2 aromatic rings. The van der Waals surface area contributed by atoms with E-state index in [1.54, 1.807) is 0 Å². The molecule has 0 radical (unpaired) electrons. The van der Waals surface area contributed by atoms with Crippen LogP contribution in [0.1, 0.15) is 11.3 Å². The largest absolute Gasteiger partial charge is 0.421 e. The van der Waals surface area contributed by atoms with E-state index in [4.69, 9.17) is 0 Å². The number of halogens is 3. The molecule has 4 nitrogen and oxygen atoms in total. The number of hydrogen-bond acceptors (Lipinski definition) is 3. The lowest BCUT2D eigenvalue weighted by Crippen LogP contribution is -2.28. The van der Waals surface area contributed by atoms with Crippen LogP contribution in [0.4, 0.5) is 13.2 Å². The van der Waals surface area contributed by atoms with Crippen molar-refractivity contribution in [2.24, 2.45) is 0 Å². The van der Waals surface area contributed by atoms with Gasteiger partial charge in [-0.25, -0.2) is 0 Å². The van der Waals surface area contributed by atoms with Gasteiger partial charge in [0.25, 0.3) is 5.56 Å². The van der Waals surface area contributed by atoms with E-state index in [1.165, 1.54) is 24.6 Å². The molecule has 0 aliphatic rings. The topological polar surface area (TPSA) is 48.0 Å². The summed E-state index contributed by atoms with van der Waals surface area (Å²) in [5.41, 5.74) is -1.90. The number of pyridine rings is 1. The summed E-state index contributed by atoms with van der Waals surface area (Å²) in [5.74, 6) is 0. The van der Waals surface area contributed by atoms with Gasteiger partial charge >= 0.3 is 6.18 Å². The van der Waals surface area contributed by atoms with Crippen molar-refractivity contribution in [3.8, 4) is 0 Å². The molecule has 0 amide bonds. The number of rotatable bonds is 2. The summed E-state index contributed by atoms with van der Waals surface area (Å²) in [6.07, 6.45) is -2.09. The number of alkyl halides is 3. The molecule has 0 saturated heterocycles. The van der Waals surface area contributed by atoms with Gasteiger partial charge in [-0.3, -0.25) is 4.79 Å². The van der Waals surface area contributed by atoms with E-state index in [0.29, 0.717) is 5.69 Å². The van der Waals surface area contributed by atoms with Crippen LogP contribution in [-0.4, -0.2) is 9.72 Å². The number of hydrogen-bond donors (Lipinski definition) is 0. The summed E-state index contributed by atoms with van der Waals surface area (Å²) in [6.45, 7) is -0.0563. The molecule has 2 heterocycles. The van der Waals surface area contributed by atoms with Crippen molar-refractivity contribution in [3.63, 3.8) is 0 Å². The molecule has 0 aromatic carbocycles. The van der Waals surface area contributed by atoms with Gasteiger partial charge in [-0.05, 0) is 12.1 Å². The Hall–Kier alpha value is -2.05. The van der Waals surface area contributed by atoms with Gasteiger partial charge in [-0.2, -0.15) is 13.2 Å². The Morgan fingerprint density at radius 3 is 2.71 bits per heavy atom. The van der Waals surface area contributed by atoms with Gasteiger partial charge < -0.3 is 9.09 Å². The van der Waals surface area contributed by atoms with Gasteiger partial charge in [0.05, 0.1) is 6.54 Å². The maximum atomic E-state index is 12.5. The van der Waals surface area contributed by atoms with Crippen molar-refractivity contribution in [2.45, 2.75) is 12.7 Å². The van der Waals surface area contributed by atoms with Gasteiger partial charge in [0, 0.05) is 12.3 Å². The monoisotopic (exact) mass is 244 g/mol. The summed E-state index contributed by atoms with van der Waals surface area (Å²) >= 11 is 0. The molecule has 0 fully saturated rings. The zero-order chi connectivity index (χ0) is 12.5. The van der Waals surface area contributed by atoms with Crippen LogP contribution in [0, 0.1) is 0 Å². The molecule has 0 aliphatic heterocycles. The fourth-order valence-electron chi connectivity index (χ4n) is 1.37. The number of aromatic nitrogens is 2. The Bertz CT molecular complexity index is 558. The smallest absolute Gasteiger partial charge is 0.364 e. The van der Waals surface area contributed by atoms with Crippen LogP contribution in [-0.2, 0) is 12.7 Å². The summed E-state index contributed by atoms with van der Waals surface area (Å²) in [4.78, 5) is 11.5. The summed E-state index contributed by atoms with van der Waals surface area (Å²) < 4.78 is 42.8. The average molecular weight is 244 g/mol. The van der Waals surface area contributed by atoms with E-state index in [9.17, 15) is 18.0 Å². The molecule has 0 aliphatic carbocycles. The highest BCUT2D eigenvalue weighted by molar-refractivity contribution is 5.15. The number of nitrogens with zero attached hydrogens (tertiary/aromatic N) is 2. The van der Waals surface area contributed by atoms with Crippen LogP contribution in [0.15, 0.2) is 40.0 Å². The molecular formula is C10H7F3N2O2. The minimum absolute atomic E-state index is 0.0563. The standard InChI is InChI=1S/C10H7F3N2O2/c11-10(12,13)8-2-1-4-15(9(8)16)6-7-3-5-17-14-7/h1-5H,6H2. The molecule has 0 atom stereocenters. The van der Waals surface area contributed by atoms with Crippen LogP contribution in [0.2, 0.25) is 0 Å². The first-order valence-electron chi connectivity index (χ1n) is 4.64. The van der Waals surface area contributed by atoms with Crippen LogP contribution >= 0.6 is 0 Å². The van der Waals surface area contributed by atoms with Gasteiger partial charge in [-0.1, -0.05) is 5.16 Å². The van der Waals surface area contributed by atoms with Crippen LogP contribution in [0.5, 0.6) is 0 Å². The highest BCUT2D eigenvalue weighted by Gasteiger charge is 2.34. The fraction of sp³-hybridized carbons (Fsp3) is 0.200. The van der Waals surface area contributed by atoms with Crippen molar-refractivity contribution >= 4 is 0 Å². The molecule has 0 saturated carbocycles. The van der Waals surface area contributed by atoms with Crippen LogP contribution in [0.3, 0.4) is 0 Å². The zero-order valence-electron chi connectivity index (χ0n) is 8.44. The molecule has 90 valence electrons. The van der Waals surface area contributed by atoms with Gasteiger partial charge in [0.2, 0.25) is 0 Å². The molecule has 0 spiro atoms. The maximum Gasteiger partial charge on any atom is 0.421 e. The first-order chi connectivity index (χ1) is 7.98. The maximum absolute atomic E-state index is 12.5. The Labute approximate surface area is 93.3 Å². The van der Waals surface area contributed by atoms with E-state index in [0.717, 1.165) is 10.6 Å². The molecule has 2 aromatic heterocycles. The second kappa shape index (κ2) is 4.08. The third-order valence-corrected chi connectivity index (χ3v) is 2.15. The first-order valence-corrected chi connectivity index (χ1v) is 4.64. The molecule has 0 N–H and O–H groups in total. The second-order valence-corrected chi connectivity index (χ2v) is 3.34. The van der Waals surface area contributed by atoms with Crippen molar-refractivity contribution in [2.75, 3.05) is 0 Å². The lowest BCUT2D eigenvalue weighted by molar-refractivity contribution is -0.138. The predicted octanol–water partition coefficient (Wildman–Crippen LogP) is 1.90. The summed E-state index contributed by atoms with van der Waals surface area (Å²) in [5, 5.41) is 3.53. The first kappa shape index (κ1) is 11.4.